The largest absolute Gasteiger partial charge is 0.487 e. The molecule has 1 rings (SSSR count). The van der Waals surface area contributed by atoms with E-state index in [0.717, 1.165) is 0 Å². The number of hydrogen-bond donors (Lipinski definition) is 0. The molecule has 0 spiro atoms. The van der Waals surface area contributed by atoms with E-state index in [1.54, 1.807) is 6.07 Å². The van der Waals surface area contributed by atoms with Crippen LogP contribution >= 0.6 is 0 Å². The Morgan fingerprint density at radius 3 is 2.14 bits per heavy atom. The van der Waals surface area contributed by atoms with Crippen molar-refractivity contribution < 1.29 is 18.0 Å². The molecule has 14 heavy (non-hydrogen) atoms. The van der Waals surface area contributed by atoms with E-state index in [1.807, 2.05) is 0 Å². The van der Waals surface area contributed by atoms with Gasteiger partial charge in [0.2, 0.25) is 0 Å². The van der Waals surface area contributed by atoms with Crippen molar-refractivity contribution in [3.8, 4) is 0 Å². The third-order valence-corrected chi connectivity index (χ3v) is 1.71. The second kappa shape index (κ2) is 3.69. The van der Waals surface area contributed by atoms with E-state index < -0.39 is 12.2 Å². The number of amides is 1. The molecule has 1 amide bonds. The minimum Gasteiger partial charge on any atom is -0.269 e. The van der Waals surface area contributed by atoms with Crippen LogP contribution in [-0.2, 0) is 0 Å². The highest BCUT2D eigenvalue weighted by Crippen LogP contribution is 2.21. The number of halogens is 3. The molecule has 0 saturated heterocycles. The second-order valence-corrected chi connectivity index (χ2v) is 2.70. The van der Waals surface area contributed by atoms with E-state index in [-0.39, 0.29) is 10.5 Å². The molecule has 1 aromatic rings. The van der Waals surface area contributed by atoms with Crippen molar-refractivity contribution in [2.45, 2.75) is 6.30 Å². The first-order chi connectivity index (χ1) is 6.43. The highest BCUT2D eigenvalue weighted by molar-refractivity contribution is 5.94. The quantitative estimate of drug-likeness (QED) is 0.641. The number of hydrogen-bond acceptors (Lipinski definition) is 1. The number of alkyl halides is 3. The van der Waals surface area contributed by atoms with Gasteiger partial charge in [-0.15, -0.1) is 13.2 Å². The molecule has 0 fully saturated rings. The molecule has 0 heterocycles. The van der Waals surface area contributed by atoms with E-state index >= 15 is 0 Å². The molecule has 0 aliphatic heterocycles. The van der Waals surface area contributed by atoms with Crippen LogP contribution in [0, 0.1) is 0 Å². The topological polar surface area (TPSA) is 20.3 Å². The lowest BCUT2D eigenvalue weighted by molar-refractivity contribution is -0.216. The van der Waals surface area contributed by atoms with Crippen molar-refractivity contribution in [2.24, 2.45) is 0 Å². The van der Waals surface area contributed by atoms with Crippen molar-refractivity contribution in [3.63, 3.8) is 0 Å². The van der Waals surface area contributed by atoms with E-state index in [1.165, 1.54) is 24.3 Å². The fourth-order valence-corrected chi connectivity index (χ4v) is 0.890. The molecule has 2 nitrogen and oxygen atoms in total. The van der Waals surface area contributed by atoms with Crippen molar-refractivity contribution in [1.29, 1.82) is 0 Å². The summed E-state index contributed by atoms with van der Waals surface area (Å²) < 4.78 is 36.3. The van der Waals surface area contributed by atoms with Crippen LogP contribution in [0.25, 0.3) is 0 Å². The van der Waals surface area contributed by atoms with Gasteiger partial charge in [-0.3, -0.25) is 9.69 Å². The van der Waals surface area contributed by atoms with Crippen LogP contribution in [0.1, 0.15) is 10.4 Å². The number of nitrogens with zero attached hydrogens (tertiary/aromatic N) is 1. The summed E-state index contributed by atoms with van der Waals surface area (Å²) in [4.78, 5) is 10.9. The van der Waals surface area contributed by atoms with Crippen LogP contribution in [0.5, 0.6) is 0 Å². The molecule has 0 aliphatic carbocycles. The van der Waals surface area contributed by atoms with Gasteiger partial charge in [0.15, 0.2) is 0 Å². The Morgan fingerprint density at radius 2 is 1.71 bits per heavy atom. The third-order valence-electron chi connectivity index (χ3n) is 1.71. The predicted octanol–water partition coefficient (Wildman–Crippen LogP) is 2.28. The predicted molar refractivity (Wildman–Crippen MR) is 44.6 cm³/mol. The molecule has 5 heteroatoms. The molecule has 0 radical (unpaired) electrons. The molecule has 0 aliphatic rings. The number of benzene rings is 1. The molecule has 0 atom stereocenters. The minimum atomic E-state index is -4.63. The maximum absolute atomic E-state index is 12.1. The summed E-state index contributed by atoms with van der Waals surface area (Å²) in [7, 11) is 0.704. The highest BCUT2D eigenvalue weighted by Gasteiger charge is 2.38. The molecule has 0 aromatic heterocycles. The summed E-state index contributed by atoms with van der Waals surface area (Å²) in [6, 6.07) is 7.33. The zero-order valence-corrected chi connectivity index (χ0v) is 7.38. The summed E-state index contributed by atoms with van der Waals surface area (Å²) in [5, 5.41) is 0. The van der Waals surface area contributed by atoms with Crippen LogP contribution < -0.4 is 0 Å². The van der Waals surface area contributed by atoms with Gasteiger partial charge >= 0.3 is 6.30 Å². The lowest BCUT2D eigenvalue weighted by atomic mass is 10.2. The SMILES string of the molecule is CN(C(=O)c1ccccc1)C(F)(F)F. The Labute approximate surface area is 78.9 Å². The Balaban J connectivity index is 2.87. The lowest BCUT2D eigenvalue weighted by Gasteiger charge is -2.19. The molecule has 76 valence electrons. The Kier molecular flexibility index (Phi) is 2.78. The first kappa shape index (κ1) is 10.6. The number of carbonyl (C=O) groups is 1. The monoisotopic (exact) mass is 203 g/mol. The first-order valence-electron chi connectivity index (χ1n) is 3.83. The summed E-state index contributed by atoms with van der Waals surface area (Å²) in [5.41, 5.74) is 0.0207. The number of carbonyl (C=O) groups excluding carboxylic acids is 1. The Morgan fingerprint density at radius 1 is 1.21 bits per heavy atom. The normalized spacial score (nSPS) is 11.1. The smallest absolute Gasteiger partial charge is 0.269 e. The van der Waals surface area contributed by atoms with Gasteiger partial charge in [-0.1, -0.05) is 18.2 Å². The molecular weight excluding hydrogens is 195 g/mol. The van der Waals surface area contributed by atoms with Crippen LogP contribution in [-0.4, -0.2) is 24.2 Å². The van der Waals surface area contributed by atoms with Gasteiger partial charge in [-0.2, -0.15) is 0 Å². The van der Waals surface area contributed by atoms with Gasteiger partial charge in [0.05, 0.1) is 0 Å². The Hall–Kier alpha value is -1.52. The van der Waals surface area contributed by atoms with E-state index in [9.17, 15) is 18.0 Å². The summed E-state index contributed by atoms with van der Waals surface area (Å²) in [5.74, 6) is -1.06. The molecule has 0 bridgehead atoms. The van der Waals surface area contributed by atoms with Gasteiger partial charge in [-0.05, 0) is 12.1 Å². The average Bonchev–Trinajstić information content (AvgIpc) is 2.15. The third kappa shape index (κ3) is 2.25. The van der Waals surface area contributed by atoms with Gasteiger partial charge < -0.3 is 0 Å². The highest BCUT2D eigenvalue weighted by atomic mass is 19.4. The fourth-order valence-electron chi connectivity index (χ4n) is 0.890. The van der Waals surface area contributed by atoms with Crippen molar-refractivity contribution in [3.05, 3.63) is 35.9 Å². The Bertz CT molecular complexity index is 321. The lowest BCUT2D eigenvalue weighted by Crippen LogP contribution is -2.39. The van der Waals surface area contributed by atoms with Crippen molar-refractivity contribution in [2.75, 3.05) is 7.05 Å². The van der Waals surface area contributed by atoms with Gasteiger partial charge in [-0.25, -0.2) is 0 Å². The second-order valence-electron chi connectivity index (χ2n) is 2.70. The van der Waals surface area contributed by atoms with Gasteiger partial charge in [0.1, 0.15) is 0 Å². The summed E-state index contributed by atoms with van der Waals surface area (Å²) in [6.07, 6.45) is -4.63. The maximum Gasteiger partial charge on any atom is 0.487 e. The van der Waals surface area contributed by atoms with Crippen LogP contribution in [0.3, 0.4) is 0 Å². The van der Waals surface area contributed by atoms with Gasteiger partial charge in [0.25, 0.3) is 5.91 Å². The zero-order chi connectivity index (χ0) is 10.8. The van der Waals surface area contributed by atoms with E-state index in [0.29, 0.717) is 7.05 Å². The number of rotatable bonds is 1. The zero-order valence-electron chi connectivity index (χ0n) is 7.38. The van der Waals surface area contributed by atoms with E-state index in [4.69, 9.17) is 0 Å². The minimum absolute atomic E-state index is 0.0207. The molecular formula is C9H8F3NO. The van der Waals surface area contributed by atoms with Crippen molar-refractivity contribution in [1.82, 2.24) is 4.90 Å². The first-order valence-corrected chi connectivity index (χ1v) is 3.83. The maximum atomic E-state index is 12.1. The molecule has 0 saturated carbocycles. The van der Waals surface area contributed by atoms with Crippen molar-refractivity contribution >= 4 is 5.91 Å². The molecule has 0 N–H and O–H groups in total. The summed E-state index contributed by atoms with van der Waals surface area (Å²) >= 11 is 0. The van der Waals surface area contributed by atoms with Crippen LogP contribution in [0.15, 0.2) is 30.3 Å². The molecule has 1 aromatic carbocycles. The summed E-state index contributed by atoms with van der Waals surface area (Å²) in [6.45, 7) is 0. The van der Waals surface area contributed by atoms with E-state index in [2.05, 4.69) is 0 Å². The fraction of sp³-hybridized carbons (Fsp3) is 0.222. The van der Waals surface area contributed by atoms with Crippen LogP contribution in [0.4, 0.5) is 13.2 Å². The standard InChI is InChI=1S/C9H8F3NO/c1-13(9(10,11)12)8(14)7-5-3-2-4-6-7/h2-6H,1H3. The van der Waals surface area contributed by atoms with Gasteiger partial charge in [0, 0.05) is 12.6 Å². The molecule has 0 unspecified atom stereocenters. The van der Waals surface area contributed by atoms with Crippen LogP contribution in [0.2, 0.25) is 0 Å². The average molecular weight is 203 g/mol.